The Bertz CT molecular complexity index is 1240. The zero-order valence-electron chi connectivity index (χ0n) is 18.2. The molecule has 0 aliphatic carbocycles. The predicted molar refractivity (Wildman–Crippen MR) is 131 cm³/mol. The monoisotopic (exact) mass is 482 g/mol. The molecule has 0 saturated carbocycles. The number of thiazole rings is 1. The molecule has 1 aliphatic heterocycles. The summed E-state index contributed by atoms with van der Waals surface area (Å²) in [4.78, 5) is 21.5. The molecule has 0 saturated heterocycles. The van der Waals surface area contributed by atoms with E-state index in [0.717, 1.165) is 30.7 Å². The van der Waals surface area contributed by atoms with Crippen LogP contribution in [0.15, 0.2) is 69.9 Å². The number of carbonyl (C=O) groups excluding carboxylic acids is 1. The van der Waals surface area contributed by atoms with Crippen LogP contribution in [0.4, 0.5) is 5.69 Å². The number of amidine groups is 1. The number of benzene rings is 2. The quantitative estimate of drug-likeness (QED) is 0.528. The second-order valence-corrected chi connectivity index (χ2v) is 10.5. The van der Waals surface area contributed by atoms with E-state index in [4.69, 9.17) is 0 Å². The number of sulfonamides is 1. The zero-order valence-corrected chi connectivity index (χ0v) is 19.8. The van der Waals surface area contributed by atoms with Crippen molar-refractivity contribution in [3.8, 4) is 0 Å². The number of nitrogens with one attached hydrogen (secondary N) is 2. The molecule has 2 N–H and O–H groups in total. The van der Waals surface area contributed by atoms with Crippen molar-refractivity contribution >= 4 is 38.8 Å². The van der Waals surface area contributed by atoms with E-state index in [0.29, 0.717) is 30.2 Å². The van der Waals surface area contributed by atoms with Crippen LogP contribution in [-0.4, -0.2) is 31.7 Å². The maximum Gasteiger partial charge on any atom is 0.262 e. The fourth-order valence-corrected chi connectivity index (χ4v) is 5.53. The van der Waals surface area contributed by atoms with E-state index in [9.17, 15) is 13.2 Å². The van der Waals surface area contributed by atoms with Gasteiger partial charge in [0, 0.05) is 30.5 Å². The van der Waals surface area contributed by atoms with Crippen molar-refractivity contribution < 1.29 is 13.2 Å². The third-order valence-corrected chi connectivity index (χ3v) is 7.47. The third kappa shape index (κ3) is 6.72. The first-order valence-corrected chi connectivity index (χ1v) is 13.3. The molecule has 0 fully saturated rings. The van der Waals surface area contributed by atoms with Gasteiger partial charge < -0.3 is 5.32 Å². The lowest BCUT2D eigenvalue weighted by atomic mass is 10.2. The van der Waals surface area contributed by atoms with Crippen LogP contribution in [0.5, 0.6) is 0 Å². The molecule has 1 aliphatic rings. The molecule has 2 heterocycles. The highest BCUT2D eigenvalue weighted by atomic mass is 32.2. The summed E-state index contributed by atoms with van der Waals surface area (Å²) in [6.07, 6.45) is 4.40. The van der Waals surface area contributed by atoms with Gasteiger partial charge in [-0.3, -0.25) is 14.5 Å². The number of carbonyl (C=O) groups is 1. The minimum absolute atomic E-state index is 0.0889. The lowest BCUT2D eigenvalue weighted by Crippen LogP contribution is -2.30. The summed E-state index contributed by atoms with van der Waals surface area (Å²) in [5, 5.41) is 5.61. The fraction of sp³-hybridized carbons (Fsp3) is 0.292. The number of rotatable bonds is 7. The van der Waals surface area contributed by atoms with Crippen LogP contribution in [0.3, 0.4) is 0 Å². The van der Waals surface area contributed by atoms with Crippen LogP contribution in [0, 0.1) is 0 Å². The van der Waals surface area contributed by atoms with Gasteiger partial charge in [-0.1, -0.05) is 42.8 Å². The molecular weight excluding hydrogens is 456 g/mol. The van der Waals surface area contributed by atoms with E-state index in [1.54, 1.807) is 12.1 Å². The number of anilines is 1. The van der Waals surface area contributed by atoms with Gasteiger partial charge in [-0.15, -0.1) is 11.3 Å². The highest BCUT2D eigenvalue weighted by Gasteiger charge is 2.18. The summed E-state index contributed by atoms with van der Waals surface area (Å²) in [5.41, 5.74) is 2.29. The van der Waals surface area contributed by atoms with Gasteiger partial charge in [0.05, 0.1) is 22.0 Å². The summed E-state index contributed by atoms with van der Waals surface area (Å²) < 4.78 is 28.2. The summed E-state index contributed by atoms with van der Waals surface area (Å²) in [6, 6.07) is 16.3. The lowest BCUT2D eigenvalue weighted by Gasteiger charge is -2.11. The van der Waals surface area contributed by atoms with Gasteiger partial charge in [0.2, 0.25) is 5.91 Å². The smallest absolute Gasteiger partial charge is 0.262 e. The second kappa shape index (κ2) is 10.7. The van der Waals surface area contributed by atoms with Crippen LogP contribution in [0.1, 0.15) is 41.9 Å². The molecule has 0 unspecified atom stereocenters. The van der Waals surface area contributed by atoms with Gasteiger partial charge in [-0.2, -0.15) is 0 Å². The van der Waals surface area contributed by atoms with Crippen molar-refractivity contribution in [3.05, 3.63) is 76.2 Å². The van der Waals surface area contributed by atoms with Crippen molar-refractivity contribution in [1.82, 2.24) is 9.71 Å². The van der Waals surface area contributed by atoms with E-state index >= 15 is 0 Å². The molecule has 2 aromatic carbocycles. The first kappa shape index (κ1) is 23.1. The number of aromatic nitrogens is 1. The van der Waals surface area contributed by atoms with E-state index in [1.807, 2.05) is 35.7 Å². The third-order valence-electron chi connectivity index (χ3n) is 5.19. The van der Waals surface area contributed by atoms with Gasteiger partial charge in [0.1, 0.15) is 5.84 Å². The summed E-state index contributed by atoms with van der Waals surface area (Å²) in [7, 11) is -3.76. The summed E-state index contributed by atoms with van der Waals surface area (Å²) in [5.74, 6) is 0.249. The predicted octanol–water partition coefficient (Wildman–Crippen LogP) is 4.17. The Labute approximate surface area is 198 Å². The highest BCUT2D eigenvalue weighted by Crippen LogP contribution is 2.18. The average molecular weight is 483 g/mol. The van der Waals surface area contributed by atoms with Crippen LogP contribution >= 0.6 is 11.3 Å². The second-order valence-electron chi connectivity index (χ2n) is 7.89. The van der Waals surface area contributed by atoms with Crippen molar-refractivity contribution in [2.24, 2.45) is 4.99 Å². The Morgan fingerprint density at radius 2 is 1.88 bits per heavy atom. The Morgan fingerprint density at radius 1 is 1.03 bits per heavy atom. The fourth-order valence-electron chi connectivity index (χ4n) is 3.56. The maximum absolute atomic E-state index is 12.8. The topological polar surface area (TPSA) is 101 Å². The highest BCUT2D eigenvalue weighted by molar-refractivity contribution is 7.90. The molecule has 0 atom stereocenters. The zero-order chi connectivity index (χ0) is 23.1. The number of amides is 1. The molecule has 0 radical (unpaired) electrons. The number of hydrogen-bond acceptors (Lipinski definition) is 6. The molecule has 0 spiro atoms. The Kier molecular flexibility index (Phi) is 7.51. The molecular formula is C24H26N4O3S2. The molecule has 7 nitrogen and oxygen atoms in total. The largest absolute Gasteiger partial charge is 0.326 e. The standard InChI is InChI=1S/C24H26N4O3S2/c29-23(16-20-17-32-24(27-20)14-18-8-3-1-4-9-18)26-19-10-7-11-21(15-19)33(30,31)28-22-12-5-2-6-13-25-22/h1,3-4,7-11,15,17H,2,5-6,12-14,16H2,(H,25,28)(H,26,29). The first-order chi connectivity index (χ1) is 16.0. The average Bonchev–Trinajstić information content (AvgIpc) is 3.06. The van der Waals surface area contributed by atoms with Crippen molar-refractivity contribution in [1.29, 1.82) is 0 Å². The van der Waals surface area contributed by atoms with E-state index in [-0.39, 0.29) is 17.2 Å². The van der Waals surface area contributed by atoms with Crippen LogP contribution < -0.4 is 10.0 Å². The van der Waals surface area contributed by atoms with Gasteiger partial charge >= 0.3 is 0 Å². The van der Waals surface area contributed by atoms with E-state index in [2.05, 4.69) is 20.0 Å². The molecule has 9 heteroatoms. The number of aliphatic imine (C=N–C) groups is 1. The van der Waals surface area contributed by atoms with E-state index in [1.165, 1.54) is 29.0 Å². The Balaban J connectivity index is 1.37. The molecule has 3 aromatic rings. The van der Waals surface area contributed by atoms with Crippen molar-refractivity contribution in [3.63, 3.8) is 0 Å². The Hall–Kier alpha value is -3.04. The number of hydrogen-bond donors (Lipinski definition) is 2. The van der Waals surface area contributed by atoms with Gasteiger partial charge in [0.25, 0.3) is 10.0 Å². The van der Waals surface area contributed by atoms with Crippen LogP contribution in [0.25, 0.3) is 0 Å². The first-order valence-electron chi connectivity index (χ1n) is 10.9. The minimum atomic E-state index is -3.76. The summed E-state index contributed by atoms with van der Waals surface area (Å²) >= 11 is 1.53. The van der Waals surface area contributed by atoms with Crippen LogP contribution in [0.2, 0.25) is 0 Å². The molecule has 1 aromatic heterocycles. The van der Waals surface area contributed by atoms with Crippen molar-refractivity contribution in [2.45, 2.75) is 43.4 Å². The van der Waals surface area contributed by atoms with Gasteiger partial charge in [-0.25, -0.2) is 13.4 Å². The molecule has 172 valence electrons. The molecule has 1 amide bonds. The van der Waals surface area contributed by atoms with Gasteiger partial charge in [-0.05, 0) is 36.6 Å². The Morgan fingerprint density at radius 3 is 2.73 bits per heavy atom. The molecule has 33 heavy (non-hydrogen) atoms. The number of nitrogens with zero attached hydrogens (tertiary/aromatic N) is 2. The minimum Gasteiger partial charge on any atom is -0.326 e. The lowest BCUT2D eigenvalue weighted by molar-refractivity contribution is -0.115. The SMILES string of the molecule is O=C(Cc1csc(Cc2ccccc2)n1)Nc1cccc(S(=O)(=O)NC2=NCCCCC2)c1. The van der Waals surface area contributed by atoms with Crippen molar-refractivity contribution in [2.75, 3.05) is 11.9 Å². The molecule has 0 bridgehead atoms. The van der Waals surface area contributed by atoms with Gasteiger partial charge in [0.15, 0.2) is 0 Å². The maximum atomic E-state index is 12.8. The van der Waals surface area contributed by atoms with E-state index < -0.39 is 10.0 Å². The normalized spacial score (nSPS) is 14.2. The summed E-state index contributed by atoms with van der Waals surface area (Å²) in [6.45, 7) is 0.637. The molecule has 4 rings (SSSR count). The van der Waals surface area contributed by atoms with Crippen LogP contribution in [-0.2, 0) is 27.7 Å².